The summed E-state index contributed by atoms with van der Waals surface area (Å²) in [6.07, 6.45) is 0. The number of amides is 2. The number of benzene rings is 2. The van der Waals surface area contributed by atoms with Crippen LogP contribution in [0.5, 0.6) is 0 Å². The number of halogens is 1. The average Bonchev–Trinajstić information content (AvgIpc) is 2.60. The molecule has 0 aliphatic heterocycles. The van der Waals surface area contributed by atoms with Gasteiger partial charge in [-0.25, -0.2) is 4.39 Å². The summed E-state index contributed by atoms with van der Waals surface area (Å²) in [5.74, 6) is -1.25. The molecule has 0 aliphatic carbocycles. The third kappa shape index (κ3) is 5.10. The molecule has 0 heterocycles. The summed E-state index contributed by atoms with van der Waals surface area (Å²) in [6.45, 7) is 4.88. The highest BCUT2D eigenvalue weighted by molar-refractivity contribution is 5.99. The maximum atomic E-state index is 12.9. The van der Waals surface area contributed by atoms with Crippen molar-refractivity contribution in [1.82, 2.24) is 4.90 Å². The molecule has 0 saturated heterocycles. The lowest BCUT2D eigenvalue weighted by atomic mass is 10.1. The van der Waals surface area contributed by atoms with Crippen molar-refractivity contribution in [3.05, 3.63) is 69.5 Å². The van der Waals surface area contributed by atoms with Gasteiger partial charge in [0.1, 0.15) is 12.4 Å². The van der Waals surface area contributed by atoms with Crippen molar-refractivity contribution in [2.24, 2.45) is 0 Å². The Labute approximate surface area is 155 Å². The molecule has 0 bridgehead atoms. The van der Waals surface area contributed by atoms with E-state index in [1.807, 2.05) is 0 Å². The first-order valence-corrected chi connectivity index (χ1v) is 8.30. The molecule has 0 aromatic heterocycles. The summed E-state index contributed by atoms with van der Waals surface area (Å²) in [4.78, 5) is 36.8. The van der Waals surface area contributed by atoms with Gasteiger partial charge in [0, 0.05) is 28.9 Å². The van der Waals surface area contributed by atoms with E-state index >= 15 is 0 Å². The lowest BCUT2D eigenvalue weighted by Gasteiger charge is -2.26. The Hall–Kier alpha value is -3.29. The summed E-state index contributed by atoms with van der Waals surface area (Å²) in [7, 11) is 0. The molecule has 0 radical (unpaired) electrons. The zero-order chi connectivity index (χ0) is 20.1. The van der Waals surface area contributed by atoms with E-state index in [0.717, 1.165) is 0 Å². The molecule has 0 atom stereocenters. The number of nitrogens with one attached hydrogen (secondary N) is 1. The molecule has 0 fully saturated rings. The highest BCUT2D eigenvalue weighted by Crippen LogP contribution is 2.20. The van der Waals surface area contributed by atoms with E-state index in [1.54, 1.807) is 20.8 Å². The quantitative estimate of drug-likeness (QED) is 0.619. The zero-order valence-electron chi connectivity index (χ0n) is 15.2. The minimum Gasteiger partial charge on any atom is -0.327 e. The molecule has 1 N–H and O–H groups in total. The second-order valence-electron chi connectivity index (χ2n) is 6.34. The first-order chi connectivity index (χ1) is 12.7. The standard InChI is InChI=1S/C19H20FN3O4/c1-12(2)22(11-18(24)21-16-7-5-15(20)6-8-16)19(25)14-4-9-17(23(26)27)13(3)10-14/h4-10,12H,11H2,1-3H3,(H,21,24). The van der Waals surface area contributed by atoms with Crippen LogP contribution in [0.25, 0.3) is 0 Å². The molecular formula is C19H20FN3O4. The van der Waals surface area contributed by atoms with Crippen LogP contribution in [0, 0.1) is 22.9 Å². The van der Waals surface area contributed by atoms with Crippen molar-refractivity contribution in [2.75, 3.05) is 11.9 Å². The van der Waals surface area contributed by atoms with Gasteiger partial charge in [-0.2, -0.15) is 0 Å². The van der Waals surface area contributed by atoms with Crippen molar-refractivity contribution >= 4 is 23.2 Å². The number of aryl methyl sites for hydroxylation is 1. The molecule has 27 heavy (non-hydrogen) atoms. The predicted octanol–water partition coefficient (Wildman–Crippen LogP) is 3.53. The monoisotopic (exact) mass is 373 g/mol. The van der Waals surface area contributed by atoms with Gasteiger partial charge in [-0.15, -0.1) is 0 Å². The van der Waals surface area contributed by atoms with Crippen molar-refractivity contribution in [3.8, 4) is 0 Å². The Bertz CT molecular complexity index is 866. The van der Waals surface area contributed by atoms with E-state index in [-0.39, 0.29) is 23.8 Å². The smallest absolute Gasteiger partial charge is 0.272 e. The number of hydrogen-bond donors (Lipinski definition) is 1. The van der Waals surface area contributed by atoms with E-state index in [2.05, 4.69) is 5.32 Å². The number of nitro benzene ring substituents is 1. The fourth-order valence-corrected chi connectivity index (χ4v) is 2.54. The first kappa shape index (κ1) is 20.0. The Balaban J connectivity index is 2.15. The zero-order valence-corrected chi connectivity index (χ0v) is 15.2. The summed E-state index contributed by atoms with van der Waals surface area (Å²) in [6, 6.07) is 9.12. The number of rotatable bonds is 6. The van der Waals surface area contributed by atoms with Crippen LogP contribution < -0.4 is 5.32 Å². The van der Waals surface area contributed by atoms with Crippen molar-refractivity contribution in [1.29, 1.82) is 0 Å². The minimum absolute atomic E-state index is 0.0725. The third-order valence-electron chi connectivity index (χ3n) is 3.97. The van der Waals surface area contributed by atoms with Gasteiger partial charge >= 0.3 is 0 Å². The van der Waals surface area contributed by atoms with E-state index in [1.165, 1.54) is 47.4 Å². The number of carbonyl (C=O) groups is 2. The van der Waals surface area contributed by atoms with Crippen LogP contribution in [0.4, 0.5) is 15.8 Å². The van der Waals surface area contributed by atoms with Gasteiger partial charge in [0.25, 0.3) is 11.6 Å². The average molecular weight is 373 g/mol. The highest BCUT2D eigenvalue weighted by atomic mass is 19.1. The molecule has 2 aromatic rings. The number of carbonyl (C=O) groups excluding carboxylic acids is 2. The van der Waals surface area contributed by atoms with Gasteiger partial charge in [0.2, 0.25) is 5.91 Å². The van der Waals surface area contributed by atoms with Crippen molar-refractivity contribution in [3.63, 3.8) is 0 Å². The number of hydrogen-bond acceptors (Lipinski definition) is 4. The van der Waals surface area contributed by atoms with Crippen molar-refractivity contribution in [2.45, 2.75) is 26.8 Å². The first-order valence-electron chi connectivity index (χ1n) is 8.30. The summed E-state index contributed by atoms with van der Waals surface area (Å²) in [5, 5.41) is 13.5. The molecule has 0 saturated carbocycles. The fraction of sp³-hybridized carbons (Fsp3) is 0.263. The van der Waals surface area contributed by atoms with Crippen LogP contribution in [0.3, 0.4) is 0 Å². The van der Waals surface area contributed by atoms with Gasteiger partial charge in [0.05, 0.1) is 4.92 Å². The van der Waals surface area contributed by atoms with Crippen LogP contribution in [-0.4, -0.2) is 34.2 Å². The van der Waals surface area contributed by atoms with Crippen LogP contribution in [-0.2, 0) is 4.79 Å². The number of nitro groups is 1. The van der Waals surface area contributed by atoms with E-state index in [0.29, 0.717) is 11.3 Å². The van der Waals surface area contributed by atoms with E-state index < -0.39 is 22.6 Å². The minimum atomic E-state index is -0.514. The number of anilines is 1. The maximum Gasteiger partial charge on any atom is 0.272 e. The Morgan fingerprint density at radius 3 is 2.33 bits per heavy atom. The molecule has 0 spiro atoms. The predicted molar refractivity (Wildman–Crippen MR) is 99.0 cm³/mol. The molecule has 2 amide bonds. The van der Waals surface area contributed by atoms with Crippen LogP contribution in [0.1, 0.15) is 29.8 Å². The maximum absolute atomic E-state index is 12.9. The van der Waals surface area contributed by atoms with Gasteiger partial charge in [-0.3, -0.25) is 19.7 Å². The summed E-state index contributed by atoms with van der Waals surface area (Å²) < 4.78 is 12.9. The van der Waals surface area contributed by atoms with Crippen LogP contribution >= 0.6 is 0 Å². The molecule has 2 aromatic carbocycles. The molecule has 142 valence electrons. The highest BCUT2D eigenvalue weighted by Gasteiger charge is 2.23. The summed E-state index contributed by atoms with van der Waals surface area (Å²) >= 11 is 0. The molecule has 2 rings (SSSR count). The van der Waals surface area contributed by atoms with Gasteiger partial charge < -0.3 is 10.2 Å². The van der Waals surface area contributed by atoms with Gasteiger partial charge in [0.15, 0.2) is 0 Å². The largest absolute Gasteiger partial charge is 0.327 e. The molecule has 7 nitrogen and oxygen atoms in total. The van der Waals surface area contributed by atoms with Gasteiger partial charge in [-0.1, -0.05) is 0 Å². The Morgan fingerprint density at radius 2 is 1.81 bits per heavy atom. The van der Waals surface area contributed by atoms with E-state index in [4.69, 9.17) is 0 Å². The van der Waals surface area contributed by atoms with Crippen LogP contribution in [0.2, 0.25) is 0 Å². The molecule has 8 heteroatoms. The van der Waals surface area contributed by atoms with Crippen molar-refractivity contribution < 1.29 is 18.9 Å². The van der Waals surface area contributed by atoms with E-state index in [9.17, 15) is 24.1 Å². The topological polar surface area (TPSA) is 92.6 Å². The normalized spacial score (nSPS) is 10.6. The third-order valence-corrected chi connectivity index (χ3v) is 3.97. The second-order valence-corrected chi connectivity index (χ2v) is 6.34. The second kappa shape index (κ2) is 8.39. The lowest BCUT2D eigenvalue weighted by molar-refractivity contribution is -0.385. The fourth-order valence-electron chi connectivity index (χ4n) is 2.54. The Kier molecular flexibility index (Phi) is 6.23. The summed E-state index contributed by atoms with van der Waals surface area (Å²) in [5.41, 5.74) is 0.979. The molecule has 0 aliphatic rings. The molecular weight excluding hydrogens is 353 g/mol. The SMILES string of the molecule is Cc1cc(C(=O)N(CC(=O)Nc2ccc(F)cc2)C(C)C)ccc1[N+](=O)[O-]. The lowest BCUT2D eigenvalue weighted by Crippen LogP contribution is -2.42. The Morgan fingerprint density at radius 1 is 1.19 bits per heavy atom. The van der Waals surface area contributed by atoms with Gasteiger partial charge in [-0.05, 0) is 57.2 Å². The number of nitrogens with zero attached hydrogens (tertiary/aromatic N) is 2. The van der Waals surface area contributed by atoms with Crippen LogP contribution in [0.15, 0.2) is 42.5 Å². The molecule has 0 unspecified atom stereocenters.